The second kappa shape index (κ2) is 9.89. The lowest BCUT2D eigenvalue weighted by atomic mass is 10.0. The number of barbiturate groups is 1. The van der Waals surface area contributed by atoms with E-state index in [4.69, 9.17) is 4.74 Å². The molecule has 0 bridgehead atoms. The van der Waals surface area contributed by atoms with Crippen LogP contribution in [0.4, 0.5) is 16.2 Å². The number of carboxylic acid groups (broad SMARTS) is 1. The molecular weight excluding hydrogens is 470 g/mol. The molecule has 1 aliphatic rings. The number of hydrogen-bond acceptors (Lipinski definition) is 7. The van der Waals surface area contributed by atoms with Gasteiger partial charge in [0, 0.05) is 12.1 Å². The minimum Gasteiger partial charge on any atom is -0.488 e. The third kappa shape index (κ3) is 4.94. The summed E-state index contributed by atoms with van der Waals surface area (Å²) in [5, 5.41) is 22.7. The standard InChI is InChI=1S/C25H17N3O8/c29-22-20(23(30)27(25(33)26-22)17-7-4-8-18(13-17)28(34)35)12-16-9-10-21(19(11-16)24(31)32)36-14-15-5-2-1-3-6-15/h1-13H,14H2,(H,31,32)(H,26,29,33). The summed E-state index contributed by atoms with van der Waals surface area (Å²) in [6.45, 7) is 0.128. The van der Waals surface area contributed by atoms with Crippen LogP contribution in [-0.2, 0) is 16.2 Å². The molecule has 180 valence electrons. The number of ether oxygens (including phenoxy) is 1. The van der Waals surface area contributed by atoms with Gasteiger partial charge in [-0.2, -0.15) is 0 Å². The average Bonchev–Trinajstić information content (AvgIpc) is 2.86. The maximum absolute atomic E-state index is 13.0. The summed E-state index contributed by atoms with van der Waals surface area (Å²) in [6.07, 6.45) is 1.13. The number of carbonyl (C=O) groups is 4. The highest BCUT2D eigenvalue weighted by molar-refractivity contribution is 6.39. The van der Waals surface area contributed by atoms with Gasteiger partial charge in [-0.3, -0.25) is 25.0 Å². The summed E-state index contributed by atoms with van der Waals surface area (Å²) in [5.41, 5.74) is -0.110. The van der Waals surface area contributed by atoms with E-state index in [1.807, 2.05) is 35.6 Å². The first-order valence-electron chi connectivity index (χ1n) is 10.4. The molecule has 1 fully saturated rings. The van der Waals surface area contributed by atoms with Gasteiger partial charge in [-0.1, -0.05) is 42.5 Å². The molecule has 0 saturated carbocycles. The SMILES string of the molecule is O=C1NC(=O)N(c2cccc([N+](=O)[O-])c2)C(=O)C1=Cc1ccc(OCc2ccccc2)c(C(=O)O)c1. The van der Waals surface area contributed by atoms with Crippen LogP contribution in [0.2, 0.25) is 0 Å². The van der Waals surface area contributed by atoms with Crippen LogP contribution in [0.15, 0.2) is 78.4 Å². The summed E-state index contributed by atoms with van der Waals surface area (Å²) in [4.78, 5) is 60.6. The molecule has 1 heterocycles. The summed E-state index contributed by atoms with van der Waals surface area (Å²) in [6, 6.07) is 16.9. The molecule has 2 N–H and O–H groups in total. The van der Waals surface area contributed by atoms with E-state index in [-0.39, 0.29) is 34.9 Å². The summed E-state index contributed by atoms with van der Waals surface area (Å²) < 4.78 is 5.64. The van der Waals surface area contributed by atoms with E-state index < -0.39 is 34.3 Å². The van der Waals surface area contributed by atoms with Crippen LogP contribution in [0.5, 0.6) is 5.75 Å². The number of nitrogens with one attached hydrogen (secondary N) is 1. The number of urea groups is 1. The number of carbonyl (C=O) groups excluding carboxylic acids is 3. The van der Waals surface area contributed by atoms with Crippen LogP contribution in [0.3, 0.4) is 0 Å². The number of imide groups is 2. The molecule has 0 radical (unpaired) electrons. The number of anilines is 1. The highest BCUT2D eigenvalue weighted by Gasteiger charge is 2.37. The predicted molar refractivity (Wildman–Crippen MR) is 126 cm³/mol. The van der Waals surface area contributed by atoms with Crippen molar-refractivity contribution in [3.63, 3.8) is 0 Å². The van der Waals surface area contributed by atoms with Crippen molar-refractivity contribution >= 4 is 41.3 Å². The zero-order chi connectivity index (χ0) is 25.8. The number of hydrogen-bond donors (Lipinski definition) is 2. The first-order valence-corrected chi connectivity index (χ1v) is 10.4. The molecule has 4 rings (SSSR count). The van der Waals surface area contributed by atoms with Crippen LogP contribution in [-0.4, -0.2) is 33.8 Å². The molecule has 0 unspecified atom stereocenters. The average molecular weight is 487 g/mol. The van der Waals surface area contributed by atoms with Gasteiger partial charge in [0.25, 0.3) is 17.5 Å². The largest absolute Gasteiger partial charge is 0.488 e. The van der Waals surface area contributed by atoms with E-state index in [0.29, 0.717) is 4.90 Å². The van der Waals surface area contributed by atoms with Gasteiger partial charge in [0.05, 0.1) is 10.6 Å². The first kappa shape index (κ1) is 23.8. The van der Waals surface area contributed by atoms with Gasteiger partial charge < -0.3 is 9.84 Å². The molecule has 0 aliphatic carbocycles. The van der Waals surface area contributed by atoms with Crippen molar-refractivity contribution in [2.24, 2.45) is 0 Å². The van der Waals surface area contributed by atoms with Crippen LogP contribution >= 0.6 is 0 Å². The normalized spacial score (nSPS) is 14.5. The van der Waals surface area contributed by atoms with Crippen molar-refractivity contribution in [1.82, 2.24) is 5.32 Å². The number of aromatic carboxylic acids is 1. The highest BCUT2D eigenvalue weighted by Crippen LogP contribution is 2.27. The third-order valence-corrected chi connectivity index (χ3v) is 5.18. The Balaban J connectivity index is 1.65. The second-order valence-electron chi connectivity index (χ2n) is 7.57. The Bertz CT molecular complexity index is 1430. The third-order valence-electron chi connectivity index (χ3n) is 5.18. The Morgan fingerprint density at radius 3 is 2.47 bits per heavy atom. The number of rotatable bonds is 7. The lowest BCUT2D eigenvalue weighted by Gasteiger charge is -2.26. The minimum absolute atomic E-state index is 0.0846. The monoisotopic (exact) mass is 487 g/mol. The van der Waals surface area contributed by atoms with Gasteiger partial charge in [-0.25, -0.2) is 14.5 Å². The number of carboxylic acids is 1. The minimum atomic E-state index is -1.29. The summed E-state index contributed by atoms with van der Waals surface area (Å²) in [7, 11) is 0. The van der Waals surface area contributed by atoms with Crippen LogP contribution in [0.25, 0.3) is 6.08 Å². The smallest absolute Gasteiger partial charge is 0.339 e. The highest BCUT2D eigenvalue weighted by atomic mass is 16.6. The Morgan fingerprint density at radius 1 is 1.03 bits per heavy atom. The van der Waals surface area contributed by atoms with Gasteiger partial charge in [0.1, 0.15) is 23.5 Å². The molecule has 1 saturated heterocycles. The summed E-state index contributed by atoms with van der Waals surface area (Å²) in [5.74, 6) is -3.22. The van der Waals surface area contributed by atoms with Crippen molar-refractivity contribution < 1.29 is 33.9 Å². The molecule has 0 spiro atoms. The van der Waals surface area contributed by atoms with E-state index in [0.717, 1.165) is 17.7 Å². The van der Waals surface area contributed by atoms with Crippen molar-refractivity contribution in [2.45, 2.75) is 6.61 Å². The summed E-state index contributed by atoms with van der Waals surface area (Å²) >= 11 is 0. The maximum atomic E-state index is 13.0. The Kier molecular flexibility index (Phi) is 6.55. The quantitative estimate of drug-likeness (QED) is 0.222. The zero-order valence-corrected chi connectivity index (χ0v) is 18.4. The van der Waals surface area contributed by atoms with E-state index >= 15 is 0 Å². The van der Waals surface area contributed by atoms with Crippen LogP contribution < -0.4 is 15.0 Å². The molecule has 0 aromatic heterocycles. The molecule has 4 amide bonds. The van der Waals surface area contributed by atoms with Crippen LogP contribution in [0, 0.1) is 10.1 Å². The Morgan fingerprint density at radius 2 is 1.78 bits per heavy atom. The van der Waals surface area contributed by atoms with Crippen molar-refractivity contribution in [3.05, 3.63) is 105 Å². The van der Waals surface area contributed by atoms with E-state index in [1.165, 1.54) is 36.4 Å². The zero-order valence-electron chi connectivity index (χ0n) is 18.4. The molecule has 11 heteroatoms. The topological polar surface area (TPSA) is 156 Å². The van der Waals surface area contributed by atoms with E-state index in [9.17, 15) is 34.4 Å². The fraction of sp³-hybridized carbons (Fsp3) is 0.0400. The Hall–Kier alpha value is -5.32. The maximum Gasteiger partial charge on any atom is 0.339 e. The molecule has 3 aromatic carbocycles. The molecule has 0 atom stereocenters. The number of nitro benzene ring substituents is 1. The predicted octanol–water partition coefficient (Wildman–Crippen LogP) is 3.54. The van der Waals surface area contributed by atoms with Crippen molar-refractivity contribution in [1.29, 1.82) is 0 Å². The Labute approximate surface area is 203 Å². The molecular formula is C25H17N3O8. The fourth-order valence-electron chi connectivity index (χ4n) is 3.47. The molecule has 1 aliphatic heterocycles. The number of non-ortho nitro benzene ring substituents is 1. The lowest BCUT2D eigenvalue weighted by Crippen LogP contribution is -2.54. The van der Waals surface area contributed by atoms with Gasteiger partial charge in [-0.15, -0.1) is 0 Å². The lowest BCUT2D eigenvalue weighted by molar-refractivity contribution is -0.384. The molecule has 3 aromatic rings. The van der Waals surface area contributed by atoms with E-state index in [1.54, 1.807) is 0 Å². The van der Waals surface area contributed by atoms with Gasteiger partial charge >= 0.3 is 12.0 Å². The van der Waals surface area contributed by atoms with Gasteiger partial charge in [0.2, 0.25) is 0 Å². The number of benzene rings is 3. The number of nitrogens with zero attached hydrogens (tertiary/aromatic N) is 2. The number of nitro groups is 1. The van der Waals surface area contributed by atoms with E-state index in [2.05, 4.69) is 0 Å². The second-order valence-corrected chi connectivity index (χ2v) is 7.57. The molecule has 11 nitrogen and oxygen atoms in total. The van der Waals surface area contributed by atoms with Crippen molar-refractivity contribution in [2.75, 3.05) is 4.90 Å². The van der Waals surface area contributed by atoms with Crippen molar-refractivity contribution in [3.8, 4) is 5.75 Å². The van der Waals surface area contributed by atoms with Crippen LogP contribution in [0.1, 0.15) is 21.5 Å². The van der Waals surface area contributed by atoms with Gasteiger partial charge in [0.15, 0.2) is 0 Å². The molecule has 36 heavy (non-hydrogen) atoms. The fourth-order valence-corrected chi connectivity index (χ4v) is 3.47. The van der Waals surface area contributed by atoms with Gasteiger partial charge in [-0.05, 0) is 35.4 Å². The number of amides is 4. The first-order chi connectivity index (χ1) is 17.2.